The third kappa shape index (κ3) is 5.41. The van der Waals surface area contributed by atoms with Crippen molar-refractivity contribution in [3.8, 4) is 6.07 Å². The Morgan fingerprint density at radius 2 is 1.95 bits per heavy atom. The van der Waals surface area contributed by atoms with E-state index < -0.39 is 21.6 Å². The summed E-state index contributed by atoms with van der Waals surface area (Å²) in [6, 6.07) is 8.17. The van der Waals surface area contributed by atoms with Gasteiger partial charge in [0.1, 0.15) is 5.75 Å². The molecule has 1 aromatic rings. The Kier molecular flexibility index (Phi) is 5.71. The van der Waals surface area contributed by atoms with Crippen molar-refractivity contribution in [2.75, 3.05) is 5.75 Å². The number of carbonyl (C=O) groups is 1. The van der Waals surface area contributed by atoms with Crippen LogP contribution in [0.4, 0.5) is 0 Å². The lowest BCUT2D eigenvalue weighted by Gasteiger charge is -2.11. The van der Waals surface area contributed by atoms with Crippen LogP contribution < -0.4 is 0 Å². The summed E-state index contributed by atoms with van der Waals surface area (Å²) in [4.78, 5) is 11.5. The lowest BCUT2D eigenvalue weighted by molar-refractivity contribution is -0.145. The molecule has 0 radical (unpaired) electrons. The van der Waals surface area contributed by atoms with E-state index in [4.69, 9.17) is 10.00 Å². The highest BCUT2D eigenvalue weighted by Gasteiger charge is 2.19. The van der Waals surface area contributed by atoms with Crippen LogP contribution in [0.1, 0.15) is 31.4 Å². The molecule has 1 atom stereocenters. The summed E-state index contributed by atoms with van der Waals surface area (Å²) in [5.41, 5.74) is 1.00. The zero-order valence-corrected chi connectivity index (χ0v) is 12.3. The van der Waals surface area contributed by atoms with E-state index in [-0.39, 0.29) is 11.9 Å². The number of carbonyl (C=O) groups excluding carboxylic acids is 1. The molecule has 5 nitrogen and oxygen atoms in total. The molecule has 0 aromatic heterocycles. The van der Waals surface area contributed by atoms with Crippen LogP contribution in [0.3, 0.4) is 0 Å². The van der Waals surface area contributed by atoms with E-state index in [0.717, 1.165) is 0 Å². The molecular weight excluding hydrogens is 278 g/mol. The summed E-state index contributed by atoms with van der Waals surface area (Å²) < 4.78 is 28.7. The number of hydrogen-bond donors (Lipinski definition) is 0. The Morgan fingerprint density at radius 1 is 1.35 bits per heavy atom. The van der Waals surface area contributed by atoms with Gasteiger partial charge in [0.05, 0.1) is 23.5 Å². The van der Waals surface area contributed by atoms with Gasteiger partial charge in [-0.3, -0.25) is 4.79 Å². The van der Waals surface area contributed by atoms with Crippen LogP contribution in [0.25, 0.3) is 0 Å². The fourth-order valence-electron chi connectivity index (χ4n) is 1.50. The fraction of sp³-hybridized carbons (Fsp3) is 0.429. The number of nitrogens with zero attached hydrogens (tertiary/aromatic N) is 1. The smallest absolute Gasteiger partial charge is 0.321 e. The average Bonchev–Trinajstić information content (AvgIpc) is 2.38. The second-order valence-corrected chi connectivity index (χ2v) is 6.61. The minimum Gasteiger partial charge on any atom is -0.462 e. The first-order valence-electron chi connectivity index (χ1n) is 6.25. The van der Waals surface area contributed by atoms with Crippen LogP contribution in [0.15, 0.2) is 24.3 Å². The Labute approximate surface area is 119 Å². The maximum Gasteiger partial charge on any atom is 0.321 e. The molecule has 20 heavy (non-hydrogen) atoms. The number of hydrogen-bond acceptors (Lipinski definition) is 5. The predicted octanol–water partition coefficient (Wildman–Crippen LogP) is 1.81. The number of sulfone groups is 1. The van der Waals surface area contributed by atoms with Gasteiger partial charge in [-0.05, 0) is 31.0 Å². The second kappa shape index (κ2) is 7.06. The first-order chi connectivity index (χ1) is 9.36. The summed E-state index contributed by atoms with van der Waals surface area (Å²) in [5.74, 6) is -1.60. The summed E-state index contributed by atoms with van der Waals surface area (Å²) in [6.45, 7) is 3.56. The number of rotatable bonds is 6. The molecule has 0 amide bonds. The van der Waals surface area contributed by atoms with E-state index >= 15 is 0 Å². The third-order valence-corrected chi connectivity index (χ3v) is 4.16. The number of esters is 1. The average molecular weight is 295 g/mol. The molecule has 1 aromatic carbocycles. The Balaban J connectivity index is 2.65. The maximum absolute atomic E-state index is 11.9. The van der Waals surface area contributed by atoms with Gasteiger partial charge >= 0.3 is 5.97 Å². The monoisotopic (exact) mass is 295 g/mol. The van der Waals surface area contributed by atoms with Crippen LogP contribution in [-0.4, -0.2) is 26.2 Å². The number of ether oxygens (including phenoxy) is 1. The zero-order chi connectivity index (χ0) is 15.2. The summed E-state index contributed by atoms with van der Waals surface area (Å²) >= 11 is 0. The molecule has 0 spiro atoms. The topological polar surface area (TPSA) is 84.2 Å². The van der Waals surface area contributed by atoms with Crippen molar-refractivity contribution < 1.29 is 17.9 Å². The van der Waals surface area contributed by atoms with E-state index in [1.54, 1.807) is 31.2 Å². The summed E-state index contributed by atoms with van der Waals surface area (Å²) in [5, 5.41) is 8.66. The normalized spacial score (nSPS) is 12.4. The van der Waals surface area contributed by atoms with Crippen molar-refractivity contribution in [1.82, 2.24) is 0 Å². The molecule has 0 bridgehead atoms. The summed E-state index contributed by atoms with van der Waals surface area (Å²) in [6.07, 6.45) is 0.356. The van der Waals surface area contributed by atoms with Gasteiger partial charge in [0.25, 0.3) is 0 Å². The van der Waals surface area contributed by atoms with E-state index in [1.165, 1.54) is 0 Å². The Hall–Kier alpha value is -1.87. The van der Waals surface area contributed by atoms with E-state index in [9.17, 15) is 13.2 Å². The fourth-order valence-corrected chi connectivity index (χ4v) is 2.73. The number of nitriles is 1. The van der Waals surface area contributed by atoms with Gasteiger partial charge in [0.2, 0.25) is 0 Å². The van der Waals surface area contributed by atoms with E-state index in [1.807, 2.05) is 13.0 Å². The summed E-state index contributed by atoms with van der Waals surface area (Å²) in [7, 11) is -3.56. The van der Waals surface area contributed by atoms with Gasteiger partial charge < -0.3 is 4.74 Å². The Morgan fingerprint density at radius 3 is 2.45 bits per heavy atom. The minimum atomic E-state index is -3.56. The molecule has 0 fully saturated rings. The molecule has 0 aliphatic carbocycles. The molecule has 0 saturated carbocycles. The first kappa shape index (κ1) is 16.2. The van der Waals surface area contributed by atoms with Gasteiger partial charge in [-0.15, -0.1) is 0 Å². The van der Waals surface area contributed by atoms with Crippen LogP contribution in [0.5, 0.6) is 0 Å². The quantitative estimate of drug-likeness (QED) is 0.747. The van der Waals surface area contributed by atoms with Crippen LogP contribution in [0.2, 0.25) is 0 Å². The van der Waals surface area contributed by atoms with Gasteiger partial charge in [-0.25, -0.2) is 8.42 Å². The highest BCUT2D eigenvalue weighted by Crippen LogP contribution is 2.09. The maximum atomic E-state index is 11.9. The number of benzene rings is 1. The standard InChI is InChI=1S/C14H17NO4S/c1-3-11(2)19-14(16)10-20(17,18)9-13-6-4-12(8-15)5-7-13/h4-7,11H,3,9-10H2,1-2H3. The molecule has 6 heteroatoms. The van der Waals surface area contributed by atoms with Crippen molar-refractivity contribution in [3.05, 3.63) is 35.4 Å². The molecule has 0 aliphatic heterocycles. The molecule has 1 rings (SSSR count). The molecular formula is C14H17NO4S. The molecule has 0 heterocycles. The van der Waals surface area contributed by atoms with Gasteiger partial charge in [-0.2, -0.15) is 5.26 Å². The lowest BCUT2D eigenvalue weighted by Crippen LogP contribution is -2.23. The minimum absolute atomic E-state index is 0.242. The molecule has 0 N–H and O–H groups in total. The lowest BCUT2D eigenvalue weighted by atomic mass is 10.2. The largest absolute Gasteiger partial charge is 0.462 e. The van der Waals surface area contributed by atoms with Gasteiger partial charge in [-0.1, -0.05) is 19.1 Å². The van der Waals surface area contributed by atoms with Crippen molar-refractivity contribution >= 4 is 15.8 Å². The van der Waals surface area contributed by atoms with Crippen molar-refractivity contribution in [3.63, 3.8) is 0 Å². The molecule has 108 valence electrons. The van der Waals surface area contributed by atoms with E-state index in [2.05, 4.69) is 0 Å². The molecule has 0 aliphatic rings. The molecule has 1 unspecified atom stereocenters. The highest BCUT2D eigenvalue weighted by atomic mass is 32.2. The van der Waals surface area contributed by atoms with Crippen LogP contribution >= 0.6 is 0 Å². The zero-order valence-electron chi connectivity index (χ0n) is 11.5. The second-order valence-electron chi connectivity index (χ2n) is 4.55. The Bertz CT molecular complexity index is 599. The first-order valence-corrected chi connectivity index (χ1v) is 8.07. The van der Waals surface area contributed by atoms with E-state index in [0.29, 0.717) is 17.5 Å². The van der Waals surface area contributed by atoms with Gasteiger partial charge in [0, 0.05) is 0 Å². The molecule has 0 saturated heterocycles. The van der Waals surface area contributed by atoms with Gasteiger partial charge in [0.15, 0.2) is 9.84 Å². The van der Waals surface area contributed by atoms with Crippen LogP contribution in [0, 0.1) is 11.3 Å². The van der Waals surface area contributed by atoms with Crippen LogP contribution in [-0.2, 0) is 25.1 Å². The SMILES string of the molecule is CCC(C)OC(=O)CS(=O)(=O)Cc1ccc(C#N)cc1. The van der Waals surface area contributed by atoms with Crippen molar-refractivity contribution in [2.45, 2.75) is 32.1 Å². The third-order valence-electron chi connectivity index (χ3n) is 2.71. The predicted molar refractivity (Wildman–Crippen MR) is 74.5 cm³/mol. The highest BCUT2D eigenvalue weighted by molar-refractivity contribution is 7.91. The van der Waals surface area contributed by atoms with Crippen molar-refractivity contribution in [2.24, 2.45) is 0 Å². The van der Waals surface area contributed by atoms with Crippen molar-refractivity contribution in [1.29, 1.82) is 5.26 Å².